The summed E-state index contributed by atoms with van der Waals surface area (Å²) in [7, 11) is 0. The summed E-state index contributed by atoms with van der Waals surface area (Å²) < 4.78 is 5.38. The summed E-state index contributed by atoms with van der Waals surface area (Å²) in [6.45, 7) is 2.67. The summed E-state index contributed by atoms with van der Waals surface area (Å²) in [6.07, 6.45) is 1.21. The van der Waals surface area contributed by atoms with Crippen molar-refractivity contribution >= 4 is 35.6 Å². The Bertz CT molecular complexity index is 852. The van der Waals surface area contributed by atoms with Gasteiger partial charge in [-0.05, 0) is 36.2 Å². The molecule has 2 amide bonds. The maximum Gasteiger partial charge on any atom is 0.258 e. The largest absolute Gasteiger partial charge is 0.378 e. The van der Waals surface area contributed by atoms with Crippen LogP contribution in [0.3, 0.4) is 0 Å². The number of nitrogens with zero attached hydrogens (tertiary/aromatic N) is 1. The van der Waals surface area contributed by atoms with E-state index in [2.05, 4.69) is 16.7 Å². The van der Waals surface area contributed by atoms with Crippen LogP contribution in [0.25, 0.3) is 0 Å². The molecule has 0 spiro atoms. The van der Waals surface area contributed by atoms with E-state index in [1.807, 2.05) is 18.2 Å². The van der Waals surface area contributed by atoms with Gasteiger partial charge in [0, 0.05) is 42.5 Å². The van der Waals surface area contributed by atoms with Crippen molar-refractivity contribution in [3.63, 3.8) is 0 Å². The summed E-state index contributed by atoms with van der Waals surface area (Å²) in [5, 5.41) is 6.15. The Balaban J connectivity index is 0.00000225. The van der Waals surface area contributed by atoms with Gasteiger partial charge in [-0.1, -0.05) is 24.3 Å². The predicted octanol–water partition coefficient (Wildman–Crippen LogP) is 2.63. The molecule has 1 unspecified atom stereocenters. The first kappa shape index (κ1) is 20.3. The minimum Gasteiger partial charge on any atom is -0.378 e. The fraction of sp³-hybridized carbons (Fsp3) is 0.333. The summed E-state index contributed by atoms with van der Waals surface area (Å²) >= 11 is 0. The number of nitrogens with one attached hydrogen (secondary N) is 2. The predicted molar refractivity (Wildman–Crippen MR) is 111 cm³/mol. The van der Waals surface area contributed by atoms with Gasteiger partial charge in [-0.2, -0.15) is 0 Å². The number of hydrogen-bond donors (Lipinski definition) is 2. The van der Waals surface area contributed by atoms with E-state index in [1.165, 1.54) is 5.56 Å². The molecule has 2 aliphatic heterocycles. The Morgan fingerprint density at radius 3 is 2.86 bits per heavy atom. The first-order chi connectivity index (χ1) is 13.2. The van der Waals surface area contributed by atoms with E-state index in [9.17, 15) is 9.59 Å². The molecule has 7 heteroatoms. The number of para-hydroxylation sites is 1. The molecular weight excluding hydrogens is 378 g/mol. The molecule has 0 aliphatic carbocycles. The average Bonchev–Trinajstić information content (AvgIpc) is 3.12. The lowest BCUT2D eigenvalue weighted by Crippen LogP contribution is -2.43. The number of morpholine rings is 1. The average molecular weight is 402 g/mol. The third-order valence-electron chi connectivity index (χ3n) is 4.96. The highest BCUT2D eigenvalue weighted by Crippen LogP contribution is 2.29. The van der Waals surface area contributed by atoms with Crippen molar-refractivity contribution in [2.45, 2.75) is 18.9 Å². The number of rotatable bonds is 4. The minimum absolute atomic E-state index is 0. The molecule has 2 aromatic carbocycles. The van der Waals surface area contributed by atoms with Crippen molar-refractivity contribution in [2.75, 3.05) is 36.5 Å². The normalized spacial score (nSPS) is 18.1. The summed E-state index contributed by atoms with van der Waals surface area (Å²) in [5.74, 6) is -0.132. The standard InChI is InChI=1S/C21H23N3O3.ClH/c25-20(13-18-14-27-11-9-22-18)23-17-6-3-5-16(12-17)21(26)24-10-8-15-4-1-2-7-19(15)24;/h1-7,12,18,22H,8-11,13-14H2,(H,23,25);1H. The second-order valence-corrected chi connectivity index (χ2v) is 6.89. The zero-order chi connectivity index (χ0) is 18.6. The van der Waals surface area contributed by atoms with Crippen molar-refractivity contribution in [2.24, 2.45) is 0 Å². The van der Waals surface area contributed by atoms with Gasteiger partial charge in [0.05, 0.1) is 13.2 Å². The molecule has 2 heterocycles. The molecule has 2 aliphatic rings. The maximum absolute atomic E-state index is 13.0. The van der Waals surface area contributed by atoms with Gasteiger partial charge in [0.1, 0.15) is 0 Å². The van der Waals surface area contributed by atoms with E-state index in [1.54, 1.807) is 29.2 Å². The Morgan fingerprint density at radius 1 is 1.18 bits per heavy atom. The number of fused-ring (bicyclic) bond motifs is 1. The number of ether oxygens (including phenoxy) is 1. The van der Waals surface area contributed by atoms with Gasteiger partial charge in [-0.3, -0.25) is 9.59 Å². The smallest absolute Gasteiger partial charge is 0.258 e. The van der Waals surface area contributed by atoms with Crippen LogP contribution in [-0.2, 0) is 16.0 Å². The highest BCUT2D eigenvalue weighted by molar-refractivity contribution is 6.08. The molecule has 0 bridgehead atoms. The van der Waals surface area contributed by atoms with Crippen LogP contribution in [0.1, 0.15) is 22.3 Å². The van der Waals surface area contributed by atoms with Gasteiger partial charge < -0.3 is 20.3 Å². The van der Waals surface area contributed by atoms with Crippen molar-refractivity contribution in [1.29, 1.82) is 0 Å². The fourth-order valence-corrected chi connectivity index (χ4v) is 3.62. The van der Waals surface area contributed by atoms with Crippen LogP contribution in [0.2, 0.25) is 0 Å². The van der Waals surface area contributed by atoms with E-state index in [0.29, 0.717) is 37.4 Å². The molecule has 2 aromatic rings. The van der Waals surface area contributed by atoms with Crippen LogP contribution in [-0.4, -0.2) is 44.2 Å². The molecule has 0 aromatic heterocycles. The molecule has 148 valence electrons. The van der Waals surface area contributed by atoms with Gasteiger partial charge in [-0.15, -0.1) is 12.4 Å². The van der Waals surface area contributed by atoms with Crippen molar-refractivity contribution in [1.82, 2.24) is 5.32 Å². The lowest BCUT2D eigenvalue weighted by molar-refractivity contribution is -0.117. The van der Waals surface area contributed by atoms with Gasteiger partial charge in [0.15, 0.2) is 0 Å². The number of benzene rings is 2. The highest BCUT2D eigenvalue weighted by atomic mass is 35.5. The van der Waals surface area contributed by atoms with Gasteiger partial charge in [-0.25, -0.2) is 0 Å². The lowest BCUT2D eigenvalue weighted by Gasteiger charge is -2.23. The van der Waals surface area contributed by atoms with Crippen molar-refractivity contribution in [3.05, 3.63) is 59.7 Å². The topological polar surface area (TPSA) is 70.7 Å². The number of amides is 2. The molecule has 1 atom stereocenters. The number of anilines is 2. The molecule has 6 nitrogen and oxygen atoms in total. The first-order valence-corrected chi connectivity index (χ1v) is 9.31. The van der Waals surface area contributed by atoms with E-state index in [0.717, 1.165) is 18.7 Å². The molecule has 1 saturated heterocycles. The molecule has 0 radical (unpaired) electrons. The Kier molecular flexibility index (Phi) is 6.67. The molecule has 28 heavy (non-hydrogen) atoms. The van der Waals surface area contributed by atoms with Crippen LogP contribution < -0.4 is 15.5 Å². The van der Waals surface area contributed by atoms with E-state index in [4.69, 9.17) is 4.74 Å². The van der Waals surface area contributed by atoms with Crippen LogP contribution in [0.5, 0.6) is 0 Å². The SMILES string of the molecule is Cl.O=C(CC1COCCN1)Nc1cccc(C(=O)N2CCc3ccccc32)c1. The lowest BCUT2D eigenvalue weighted by atomic mass is 10.1. The van der Waals surface area contributed by atoms with Gasteiger partial charge >= 0.3 is 0 Å². The monoisotopic (exact) mass is 401 g/mol. The second kappa shape index (κ2) is 9.19. The van der Waals surface area contributed by atoms with Crippen LogP contribution in [0.15, 0.2) is 48.5 Å². The summed E-state index contributed by atoms with van der Waals surface area (Å²) in [6, 6.07) is 15.1. The highest BCUT2D eigenvalue weighted by Gasteiger charge is 2.25. The Morgan fingerprint density at radius 2 is 2.04 bits per heavy atom. The molecular formula is C21H24ClN3O3. The van der Waals surface area contributed by atoms with Crippen LogP contribution >= 0.6 is 12.4 Å². The minimum atomic E-state index is -0.0888. The number of halogens is 1. The number of hydrogen-bond acceptors (Lipinski definition) is 4. The van der Waals surface area contributed by atoms with Gasteiger partial charge in [0.2, 0.25) is 5.91 Å². The van der Waals surface area contributed by atoms with E-state index in [-0.39, 0.29) is 30.3 Å². The fourth-order valence-electron chi connectivity index (χ4n) is 3.62. The van der Waals surface area contributed by atoms with Crippen LogP contribution in [0.4, 0.5) is 11.4 Å². The van der Waals surface area contributed by atoms with Gasteiger partial charge in [0.25, 0.3) is 5.91 Å². The quantitative estimate of drug-likeness (QED) is 0.826. The molecule has 2 N–H and O–H groups in total. The third kappa shape index (κ3) is 4.52. The zero-order valence-electron chi connectivity index (χ0n) is 15.5. The zero-order valence-corrected chi connectivity index (χ0v) is 16.3. The van der Waals surface area contributed by atoms with Crippen molar-refractivity contribution < 1.29 is 14.3 Å². The first-order valence-electron chi connectivity index (χ1n) is 9.31. The number of carbonyl (C=O) groups excluding carboxylic acids is 2. The second-order valence-electron chi connectivity index (χ2n) is 6.89. The van der Waals surface area contributed by atoms with Crippen molar-refractivity contribution in [3.8, 4) is 0 Å². The Hall–Kier alpha value is -2.41. The van der Waals surface area contributed by atoms with E-state index < -0.39 is 0 Å². The summed E-state index contributed by atoms with van der Waals surface area (Å²) in [5.41, 5.74) is 3.37. The van der Waals surface area contributed by atoms with E-state index >= 15 is 0 Å². The molecule has 0 saturated carbocycles. The Labute approximate surface area is 170 Å². The third-order valence-corrected chi connectivity index (χ3v) is 4.96. The number of carbonyl (C=O) groups is 2. The maximum atomic E-state index is 13.0. The summed E-state index contributed by atoms with van der Waals surface area (Å²) in [4.78, 5) is 27.0. The van der Waals surface area contributed by atoms with Crippen LogP contribution in [0, 0.1) is 0 Å². The molecule has 4 rings (SSSR count). The molecule has 1 fully saturated rings.